The highest BCUT2D eigenvalue weighted by Gasteiger charge is 2.25. The Hall–Kier alpha value is -3.23. The fourth-order valence-corrected chi connectivity index (χ4v) is 3.10. The van der Waals surface area contributed by atoms with Gasteiger partial charge < -0.3 is 15.7 Å². The number of rotatable bonds is 5. The molecule has 0 atom stereocenters. The van der Waals surface area contributed by atoms with E-state index in [1.54, 1.807) is 16.9 Å². The minimum absolute atomic E-state index is 0.141. The van der Waals surface area contributed by atoms with Crippen molar-refractivity contribution >= 4 is 33.6 Å². The lowest BCUT2D eigenvalue weighted by atomic mass is 10.1. The van der Waals surface area contributed by atoms with Crippen molar-refractivity contribution < 1.29 is 17.6 Å². The number of alkyl halides is 2. The zero-order valence-corrected chi connectivity index (χ0v) is 15.1. The lowest BCUT2D eigenvalue weighted by molar-refractivity contribution is 0.0176. The molecule has 2 aromatic carbocycles. The van der Waals surface area contributed by atoms with Crippen LogP contribution in [-0.4, -0.2) is 21.2 Å². The maximum atomic E-state index is 13.7. The summed E-state index contributed by atoms with van der Waals surface area (Å²) in [5.41, 5.74) is 4.83. The zero-order chi connectivity index (χ0) is 20.1. The summed E-state index contributed by atoms with van der Waals surface area (Å²) >= 11 is 0. The molecule has 0 fully saturated rings. The maximum Gasteiger partial charge on any atom is 0.270 e. The Morgan fingerprint density at radius 2 is 1.89 bits per heavy atom. The first-order chi connectivity index (χ1) is 13.3. The molecule has 2 heterocycles. The van der Waals surface area contributed by atoms with E-state index in [9.17, 15) is 17.6 Å². The van der Waals surface area contributed by atoms with Crippen molar-refractivity contribution in [2.45, 2.75) is 19.8 Å². The van der Waals surface area contributed by atoms with Gasteiger partial charge in [-0.15, -0.1) is 0 Å². The summed E-state index contributed by atoms with van der Waals surface area (Å²) in [5.74, 6) is -4.57. The van der Waals surface area contributed by atoms with E-state index in [4.69, 9.17) is 0 Å². The number of nitrogens with zero attached hydrogens (tertiary/aromatic N) is 2. The van der Waals surface area contributed by atoms with Crippen molar-refractivity contribution in [3.05, 3.63) is 53.7 Å². The van der Waals surface area contributed by atoms with Crippen molar-refractivity contribution in [1.29, 1.82) is 0 Å². The van der Waals surface area contributed by atoms with E-state index >= 15 is 0 Å². The Kier molecular flexibility index (Phi) is 4.17. The first-order valence-corrected chi connectivity index (χ1v) is 8.65. The third kappa shape index (κ3) is 3.02. The Bertz CT molecular complexity index is 1170. The van der Waals surface area contributed by atoms with Crippen molar-refractivity contribution in [3.63, 3.8) is 0 Å². The van der Waals surface area contributed by atoms with Crippen LogP contribution in [0.4, 0.5) is 29.2 Å². The third-order valence-corrected chi connectivity index (χ3v) is 4.45. The van der Waals surface area contributed by atoms with Crippen LogP contribution in [0.25, 0.3) is 21.9 Å². The SMILES string of the molecule is CCNn1c(Nc2c[nH]c3cc(F)c(F)cc23)nc2cc(C(C)(F)F)ccc21. The highest BCUT2D eigenvalue weighted by atomic mass is 19.3. The number of halogens is 4. The van der Waals surface area contributed by atoms with Crippen molar-refractivity contribution in [2.75, 3.05) is 17.3 Å². The molecule has 0 spiro atoms. The van der Waals surface area contributed by atoms with Crippen molar-refractivity contribution in [2.24, 2.45) is 0 Å². The smallest absolute Gasteiger partial charge is 0.270 e. The fraction of sp³-hybridized carbons (Fsp3) is 0.211. The van der Waals surface area contributed by atoms with Crippen LogP contribution in [0.2, 0.25) is 0 Å². The standard InChI is InChI=1S/C19H17F4N5/c1-3-25-28-17-5-4-10(19(2,22)23)6-15(17)26-18(28)27-16-9-24-14-8-13(21)12(20)7-11(14)16/h4-9,24-25H,3H2,1-2H3,(H,26,27). The summed E-state index contributed by atoms with van der Waals surface area (Å²) in [4.78, 5) is 7.27. The van der Waals surface area contributed by atoms with E-state index in [1.807, 2.05) is 6.92 Å². The molecule has 0 amide bonds. The van der Waals surface area contributed by atoms with Crippen LogP contribution in [0.5, 0.6) is 0 Å². The number of H-pyrrole nitrogens is 1. The number of benzene rings is 2. The van der Waals surface area contributed by atoms with E-state index in [1.165, 1.54) is 12.1 Å². The number of hydrogen-bond donors (Lipinski definition) is 3. The van der Waals surface area contributed by atoms with Gasteiger partial charge in [0, 0.05) is 36.7 Å². The van der Waals surface area contributed by atoms with Gasteiger partial charge in [0.1, 0.15) is 0 Å². The summed E-state index contributed by atoms with van der Waals surface area (Å²) in [7, 11) is 0. The summed E-state index contributed by atoms with van der Waals surface area (Å²) < 4.78 is 56.0. The molecular weight excluding hydrogens is 374 g/mol. The first-order valence-electron chi connectivity index (χ1n) is 8.65. The first kappa shape index (κ1) is 18.1. The maximum absolute atomic E-state index is 13.7. The Morgan fingerprint density at radius 1 is 1.14 bits per heavy atom. The molecule has 0 aliphatic heterocycles. The highest BCUT2D eigenvalue weighted by Crippen LogP contribution is 2.32. The average Bonchev–Trinajstić information content (AvgIpc) is 3.17. The molecule has 0 saturated carbocycles. The lowest BCUT2D eigenvalue weighted by Gasteiger charge is -2.12. The molecule has 0 bridgehead atoms. The molecule has 9 heteroatoms. The molecule has 4 rings (SSSR count). The molecule has 28 heavy (non-hydrogen) atoms. The minimum Gasteiger partial charge on any atom is -0.359 e. The van der Waals surface area contributed by atoms with E-state index in [0.29, 0.717) is 40.1 Å². The van der Waals surface area contributed by atoms with Gasteiger partial charge in [0.25, 0.3) is 5.92 Å². The summed E-state index contributed by atoms with van der Waals surface area (Å²) in [5, 5.41) is 3.50. The van der Waals surface area contributed by atoms with Gasteiger partial charge in [0.05, 0.1) is 22.2 Å². The third-order valence-electron chi connectivity index (χ3n) is 4.45. The minimum atomic E-state index is -2.98. The second-order valence-corrected chi connectivity index (χ2v) is 6.51. The second-order valence-electron chi connectivity index (χ2n) is 6.51. The van der Waals surface area contributed by atoms with Gasteiger partial charge in [0.15, 0.2) is 11.6 Å². The monoisotopic (exact) mass is 391 g/mol. The van der Waals surface area contributed by atoms with Crippen LogP contribution in [-0.2, 0) is 5.92 Å². The number of aromatic nitrogens is 3. The topological polar surface area (TPSA) is 57.7 Å². The molecule has 5 nitrogen and oxygen atoms in total. The van der Waals surface area contributed by atoms with E-state index < -0.39 is 17.6 Å². The summed E-state index contributed by atoms with van der Waals surface area (Å²) in [6.07, 6.45) is 1.56. The van der Waals surface area contributed by atoms with Gasteiger partial charge in [0.2, 0.25) is 5.95 Å². The van der Waals surface area contributed by atoms with Gasteiger partial charge in [-0.25, -0.2) is 27.2 Å². The van der Waals surface area contributed by atoms with Gasteiger partial charge in [-0.1, -0.05) is 6.07 Å². The van der Waals surface area contributed by atoms with E-state index in [0.717, 1.165) is 19.1 Å². The van der Waals surface area contributed by atoms with E-state index in [2.05, 4.69) is 20.7 Å². The second kappa shape index (κ2) is 6.43. The van der Waals surface area contributed by atoms with Crippen molar-refractivity contribution in [1.82, 2.24) is 14.6 Å². The lowest BCUT2D eigenvalue weighted by Crippen LogP contribution is -2.16. The summed E-state index contributed by atoms with van der Waals surface area (Å²) in [6, 6.07) is 6.40. The molecule has 0 saturated heterocycles. The number of fused-ring (bicyclic) bond motifs is 2. The highest BCUT2D eigenvalue weighted by molar-refractivity contribution is 5.94. The Balaban J connectivity index is 1.81. The van der Waals surface area contributed by atoms with Gasteiger partial charge in [-0.05, 0) is 25.1 Å². The zero-order valence-electron chi connectivity index (χ0n) is 15.1. The number of hydrogen-bond acceptors (Lipinski definition) is 3. The molecule has 0 unspecified atom stereocenters. The molecular formula is C19H17F4N5. The van der Waals surface area contributed by atoms with Crippen LogP contribution in [0, 0.1) is 11.6 Å². The average molecular weight is 391 g/mol. The predicted molar refractivity (Wildman–Crippen MR) is 101 cm³/mol. The van der Waals surface area contributed by atoms with Crippen molar-refractivity contribution in [3.8, 4) is 0 Å². The molecule has 0 aliphatic rings. The predicted octanol–water partition coefficient (Wildman–Crippen LogP) is 5.21. The number of nitrogens with one attached hydrogen (secondary N) is 3. The molecule has 3 N–H and O–H groups in total. The molecule has 146 valence electrons. The normalized spacial score (nSPS) is 12.1. The molecule has 4 aromatic rings. The quantitative estimate of drug-likeness (QED) is 0.409. The molecule has 0 aliphatic carbocycles. The number of anilines is 2. The fourth-order valence-electron chi connectivity index (χ4n) is 3.10. The summed E-state index contributed by atoms with van der Waals surface area (Å²) in [6.45, 7) is 3.27. The Morgan fingerprint density at radius 3 is 2.61 bits per heavy atom. The molecule has 2 aromatic heterocycles. The number of aromatic amines is 1. The van der Waals surface area contributed by atoms with Crippen LogP contribution in [0.1, 0.15) is 19.4 Å². The molecule has 0 radical (unpaired) electrons. The largest absolute Gasteiger partial charge is 0.359 e. The van der Waals surface area contributed by atoms with Crippen LogP contribution < -0.4 is 10.7 Å². The Labute approximate surface area is 157 Å². The van der Waals surface area contributed by atoms with Crippen LogP contribution in [0.3, 0.4) is 0 Å². The van der Waals surface area contributed by atoms with Gasteiger partial charge >= 0.3 is 0 Å². The van der Waals surface area contributed by atoms with Gasteiger partial charge in [-0.3, -0.25) is 0 Å². The van der Waals surface area contributed by atoms with Crippen LogP contribution in [0.15, 0.2) is 36.5 Å². The van der Waals surface area contributed by atoms with E-state index in [-0.39, 0.29) is 5.56 Å². The van der Waals surface area contributed by atoms with Gasteiger partial charge in [-0.2, -0.15) is 0 Å². The number of imidazole rings is 1. The van der Waals surface area contributed by atoms with Crippen LogP contribution >= 0.6 is 0 Å².